The van der Waals surface area contributed by atoms with Crippen LogP contribution in [0.25, 0.3) is 0 Å². The van der Waals surface area contributed by atoms with Crippen LogP contribution >= 0.6 is 11.8 Å². The summed E-state index contributed by atoms with van der Waals surface area (Å²) >= 11 is 1.10. The molecule has 0 fully saturated rings. The molecule has 22 heavy (non-hydrogen) atoms. The predicted molar refractivity (Wildman–Crippen MR) is 81.5 cm³/mol. The van der Waals surface area contributed by atoms with Crippen LogP contribution in [-0.2, 0) is 11.2 Å². The van der Waals surface area contributed by atoms with E-state index < -0.39 is 17.2 Å². The number of imide groups is 1. The van der Waals surface area contributed by atoms with Crippen molar-refractivity contribution in [1.29, 1.82) is 0 Å². The van der Waals surface area contributed by atoms with Gasteiger partial charge in [-0.3, -0.25) is 10.1 Å². The molecule has 2 rings (SSSR count). The maximum absolute atomic E-state index is 11.7. The molecule has 0 saturated heterocycles. The standard InChI is InChI=1S/C14H16N4O3S/c1-9(12(19)16-13(20)15-2)22-14-18-17-11(21-14)8-10-6-4-3-5-7-10/h3-7,9H,8H2,1-2H3,(H2,15,16,19,20)/t9-/m1/s1. The summed E-state index contributed by atoms with van der Waals surface area (Å²) in [6.45, 7) is 1.66. The first-order valence-corrected chi connectivity index (χ1v) is 7.52. The van der Waals surface area contributed by atoms with Crippen molar-refractivity contribution >= 4 is 23.7 Å². The van der Waals surface area contributed by atoms with E-state index in [9.17, 15) is 9.59 Å². The zero-order chi connectivity index (χ0) is 15.9. The van der Waals surface area contributed by atoms with Gasteiger partial charge in [0.15, 0.2) is 0 Å². The van der Waals surface area contributed by atoms with Gasteiger partial charge in [-0.25, -0.2) is 4.79 Å². The molecule has 0 spiro atoms. The molecule has 3 amide bonds. The first kappa shape index (κ1) is 16.0. The Hall–Kier alpha value is -2.35. The number of urea groups is 1. The minimum Gasteiger partial charge on any atom is -0.416 e. The molecule has 1 aromatic heterocycles. The number of hydrogen-bond donors (Lipinski definition) is 2. The van der Waals surface area contributed by atoms with Gasteiger partial charge in [0, 0.05) is 7.05 Å². The Labute approximate surface area is 131 Å². The summed E-state index contributed by atoms with van der Waals surface area (Å²) in [6.07, 6.45) is 0.535. The van der Waals surface area contributed by atoms with Crippen LogP contribution in [0.4, 0.5) is 4.79 Å². The maximum atomic E-state index is 11.7. The number of thioether (sulfide) groups is 1. The zero-order valence-corrected chi connectivity index (χ0v) is 13.0. The van der Waals surface area contributed by atoms with Gasteiger partial charge in [0.25, 0.3) is 5.22 Å². The number of hydrogen-bond acceptors (Lipinski definition) is 6. The van der Waals surface area contributed by atoms with Crippen molar-refractivity contribution in [2.75, 3.05) is 7.05 Å². The van der Waals surface area contributed by atoms with Crippen LogP contribution in [0.1, 0.15) is 18.4 Å². The topological polar surface area (TPSA) is 97.1 Å². The summed E-state index contributed by atoms with van der Waals surface area (Å²) in [7, 11) is 1.44. The fraction of sp³-hybridized carbons (Fsp3) is 0.286. The number of amides is 3. The van der Waals surface area contributed by atoms with Crippen LogP contribution < -0.4 is 10.6 Å². The summed E-state index contributed by atoms with van der Waals surface area (Å²) in [6, 6.07) is 9.20. The van der Waals surface area contributed by atoms with Crippen molar-refractivity contribution in [2.45, 2.75) is 23.8 Å². The normalized spacial score (nSPS) is 11.7. The van der Waals surface area contributed by atoms with Crippen LogP contribution in [0.15, 0.2) is 40.0 Å². The smallest absolute Gasteiger partial charge is 0.321 e. The first-order chi connectivity index (χ1) is 10.6. The number of nitrogens with one attached hydrogen (secondary N) is 2. The van der Waals surface area contributed by atoms with E-state index in [2.05, 4.69) is 20.8 Å². The Morgan fingerprint density at radius 3 is 2.68 bits per heavy atom. The Balaban J connectivity index is 1.91. The molecule has 0 aliphatic rings. The van der Waals surface area contributed by atoms with Crippen molar-refractivity contribution in [1.82, 2.24) is 20.8 Å². The van der Waals surface area contributed by atoms with E-state index in [1.807, 2.05) is 30.3 Å². The molecule has 0 radical (unpaired) electrons. The second-order valence-corrected chi connectivity index (χ2v) is 5.74. The second kappa shape index (κ2) is 7.60. The minimum absolute atomic E-state index is 0.297. The SMILES string of the molecule is CNC(=O)NC(=O)[C@@H](C)Sc1nnc(Cc2ccccc2)o1. The van der Waals surface area contributed by atoms with E-state index >= 15 is 0 Å². The molecule has 7 nitrogen and oxygen atoms in total. The van der Waals surface area contributed by atoms with Crippen LogP contribution in [0.5, 0.6) is 0 Å². The first-order valence-electron chi connectivity index (χ1n) is 6.64. The number of carbonyl (C=O) groups is 2. The fourth-order valence-corrected chi connectivity index (χ4v) is 2.31. The molecule has 2 N–H and O–H groups in total. The van der Waals surface area contributed by atoms with Crippen LogP contribution in [0.2, 0.25) is 0 Å². The maximum Gasteiger partial charge on any atom is 0.321 e. The lowest BCUT2D eigenvalue weighted by Gasteiger charge is -2.07. The van der Waals surface area contributed by atoms with Gasteiger partial charge in [-0.1, -0.05) is 42.1 Å². The monoisotopic (exact) mass is 320 g/mol. The fourth-order valence-electron chi connectivity index (χ4n) is 1.61. The third-order valence-corrected chi connectivity index (χ3v) is 3.69. The molecule has 0 unspecified atom stereocenters. The summed E-state index contributed by atoms with van der Waals surface area (Å²) in [5, 5.41) is 12.1. The molecule has 8 heteroatoms. The molecule has 0 aliphatic carbocycles. The number of aromatic nitrogens is 2. The quantitative estimate of drug-likeness (QED) is 0.812. The largest absolute Gasteiger partial charge is 0.416 e. The van der Waals surface area contributed by atoms with Gasteiger partial charge >= 0.3 is 6.03 Å². The molecule has 1 atom stereocenters. The van der Waals surface area contributed by atoms with E-state index in [-0.39, 0.29) is 0 Å². The van der Waals surface area contributed by atoms with Gasteiger partial charge < -0.3 is 9.73 Å². The van der Waals surface area contributed by atoms with Crippen LogP contribution in [-0.4, -0.2) is 34.4 Å². The predicted octanol–water partition coefficient (Wildman–Crippen LogP) is 1.60. The molecular weight excluding hydrogens is 304 g/mol. The Bertz CT molecular complexity index is 645. The van der Waals surface area contributed by atoms with Gasteiger partial charge in [0.2, 0.25) is 11.8 Å². The second-order valence-electron chi connectivity index (χ2n) is 4.45. The average Bonchev–Trinajstić information content (AvgIpc) is 2.95. The highest BCUT2D eigenvalue weighted by molar-refractivity contribution is 8.00. The molecule has 0 saturated carbocycles. The van der Waals surface area contributed by atoms with Gasteiger partial charge in [-0.15, -0.1) is 10.2 Å². The van der Waals surface area contributed by atoms with Crippen molar-refractivity contribution in [3.63, 3.8) is 0 Å². The molecule has 0 bridgehead atoms. The zero-order valence-electron chi connectivity index (χ0n) is 12.2. The highest BCUT2D eigenvalue weighted by Crippen LogP contribution is 2.22. The Kier molecular flexibility index (Phi) is 5.54. The summed E-state index contributed by atoms with van der Waals surface area (Å²) in [5.41, 5.74) is 1.06. The van der Waals surface area contributed by atoms with Crippen molar-refractivity contribution in [2.24, 2.45) is 0 Å². The van der Waals surface area contributed by atoms with Crippen LogP contribution in [0, 0.1) is 0 Å². The summed E-state index contributed by atoms with van der Waals surface area (Å²) < 4.78 is 5.50. The molecule has 0 aliphatic heterocycles. The Morgan fingerprint density at radius 2 is 2.00 bits per heavy atom. The average molecular weight is 320 g/mol. The molecule has 1 aromatic carbocycles. The Morgan fingerprint density at radius 1 is 1.27 bits per heavy atom. The number of carbonyl (C=O) groups excluding carboxylic acids is 2. The lowest BCUT2D eigenvalue weighted by Crippen LogP contribution is -2.41. The number of nitrogens with zero attached hydrogens (tertiary/aromatic N) is 2. The minimum atomic E-state index is -0.548. The van der Waals surface area contributed by atoms with Crippen molar-refractivity contribution in [3.8, 4) is 0 Å². The van der Waals surface area contributed by atoms with Crippen molar-refractivity contribution < 1.29 is 14.0 Å². The number of rotatable bonds is 5. The van der Waals surface area contributed by atoms with Gasteiger partial charge in [-0.2, -0.15) is 0 Å². The third kappa shape index (κ3) is 4.59. The van der Waals surface area contributed by atoms with Gasteiger partial charge in [-0.05, 0) is 12.5 Å². The van der Waals surface area contributed by atoms with Gasteiger partial charge in [0.1, 0.15) is 0 Å². The molecule has 1 heterocycles. The summed E-state index contributed by atoms with van der Waals surface area (Å²) in [5.74, 6) is 0.0553. The molecule has 2 aromatic rings. The van der Waals surface area contributed by atoms with E-state index in [4.69, 9.17) is 4.42 Å². The van der Waals surface area contributed by atoms with E-state index in [0.29, 0.717) is 17.5 Å². The molecule has 116 valence electrons. The lowest BCUT2D eigenvalue weighted by molar-refractivity contribution is -0.119. The summed E-state index contributed by atoms with van der Waals surface area (Å²) in [4.78, 5) is 22.8. The van der Waals surface area contributed by atoms with E-state index in [1.54, 1.807) is 6.92 Å². The highest BCUT2D eigenvalue weighted by atomic mass is 32.2. The van der Waals surface area contributed by atoms with Crippen LogP contribution in [0.3, 0.4) is 0 Å². The van der Waals surface area contributed by atoms with Crippen molar-refractivity contribution in [3.05, 3.63) is 41.8 Å². The highest BCUT2D eigenvalue weighted by Gasteiger charge is 2.19. The third-order valence-electron chi connectivity index (χ3n) is 2.76. The van der Waals surface area contributed by atoms with E-state index in [1.165, 1.54) is 7.05 Å². The number of benzene rings is 1. The van der Waals surface area contributed by atoms with Gasteiger partial charge in [0.05, 0.1) is 11.7 Å². The molecular formula is C14H16N4O3S. The lowest BCUT2D eigenvalue weighted by atomic mass is 10.2. The van der Waals surface area contributed by atoms with E-state index in [0.717, 1.165) is 17.3 Å².